The number of piperidine rings is 1. The number of aliphatic carboxylic acids is 1. The minimum Gasteiger partial charge on any atom is -0.480 e. The van der Waals surface area contributed by atoms with E-state index in [9.17, 15) is 23.1 Å². The van der Waals surface area contributed by atoms with Crippen molar-refractivity contribution in [3.63, 3.8) is 0 Å². The normalized spacial score (nSPS) is 16.7. The van der Waals surface area contributed by atoms with Crippen molar-refractivity contribution in [1.82, 2.24) is 9.62 Å². The van der Waals surface area contributed by atoms with Gasteiger partial charge in [0.05, 0.1) is 4.90 Å². The molecule has 1 aliphatic heterocycles. The number of rotatable bonds is 8. The van der Waals surface area contributed by atoms with Crippen LogP contribution in [-0.2, 0) is 14.8 Å². The van der Waals surface area contributed by atoms with Gasteiger partial charge in [-0.05, 0) is 43.9 Å². The van der Waals surface area contributed by atoms with Crippen LogP contribution >= 0.6 is 0 Å². The van der Waals surface area contributed by atoms with Gasteiger partial charge in [0, 0.05) is 18.7 Å². The van der Waals surface area contributed by atoms with Gasteiger partial charge in [-0.3, -0.25) is 4.79 Å². The Bertz CT molecular complexity index is 785. The molecule has 0 bridgehead atoms. The second kappa shape index (κ2) is 9.32. The SMILES string of the molecule is CCCC[C@H](NC(=O)c1ccc(C)c(S(=O)(=O)N2CCCCC2)c1)C(=O)O. The molecule has 0 radical (unpaired) electrons. The van der Waals surface area contributed by atoms with Crippen molar-refractivity contribution in [2.75, 3.05) is 13.1 Å². The van der Waals surface area contributed by atoms with Crippen LogP contribution in [-0.4, -0.2) is 48.8 Å². The average Bonchev–Trinajstić information content (AvgIpc) is 2.65. The maximum Gasteiger partial charge on any atom is 0.326 e. The third kappa shape index (κ3) is 5.29. The number of sulfonamides is 1. The van der Waals surface area contributed by atoms with E-state index in [0.29, 0.717) is 31.5 Å². The summed E-state index contributed by atoms with van der Waals surface area (Å²) in [6, 6.07) is 3.49. The number of nitrogens with one attached hydrogen (secondary N) is 1. The molecule has 2 rings (SSSR count). The molecule has 150 valence electrons. The molecule has 1 aromatic rings. The monoisotopic (exact) mass is 396 g/mol. The number of nitrogens with zero attached hydrogens (tertiary/aromatic N) is 1. The van der Waals surface area contributed by atoms with Crippen molar-refractivity contribution in [2.24, 2.45) is 0 Å². The highest BCUT2D eigenvalue weighted by molar-refractivity contribution is 7.89. The van der Waals surface area contributed by atoms with Crippen LogP contribution in [0, 0.1) is 6.92 Å². The molecule has 27 heavy (non-hydrogen) atoms. The molecule has 0 spiro atoms. The molecule has 8 heteroatoms. The highest BCUT2D eigenvalue weighted by atomic mass is 32.2. The first-order valence-corrected chi connectivity index (χ1v) is 10.9. The second-order valence-electron chi connectivity index (χ2n) is 6.95. The summed E-state index contributed by atoms with van der Waals surface area (Å²) in [4.78, 5) is 24.0. The van der Waals surface area contributed by atoms with Crippen LogP contribution in [0.15, 0.2) is 23.1 Å². The van der Waals surface area contributed by atoms with E-state index in [1.165, 1.54) is 16.4 Å². The lowest BCUT2D eigenvalue weighted by molar-refractivity contribution is -0.139. The van der Waals surface area contributed by atoms with Gasteiger partial charge in [-0.25, -0.2) is 13.2 Å². The Morgan fingerprint density at radius 1 is 1.22 bits per heavy atom. The number of benzene rings is 1. The Hall–Kier alpha value is -1.93. The molecule has 0 aromatic heterocycles. The molecule has 1 heterocycles. The number of carboxylic acids is 1. The van der Waals surface area contributed by atoms with E-state index in [1.54, 1.807) is 13.0 Å². The zero-order valence-electron chi connectivity index (χ0n) is 15.9. The van der Waals surface area contributed by atoms with Crippen LogP contribution in [0.1, 0.15) is 61.4 Å². The lowest BCUT2D eigenvalue weighted by atomic mass is 10.1. The Morgan fingerprint density at radius 2 is 1.89 bits per heavy atom. The number of hydrogen-bond acceptors (Lipinski definition) is 4. The molecule has 1 aromatic carbocycles. The number of carbonyl (C=O) groups is 2. The van der Waals surface area contributed by atoms with Gasteiger partial charge < -0.3 is 10.4 Å². The summed E-state index contributed by atoms with van der Waals surface area (Å²) in [5.74, 6) is -1.67. The largest absolute Gasteiger partial charge is 0.480 e. The Morgan fingerprint density at radius 3 is 2.48 bits per heavy atom. The molecular formula is C19H28N2O5S. The molecule has 7 nitrogen and oxygen atoms in total. The predicted octanol–water partition coefficient (Wildman–Crippen LogP) is 2.54. The number of hydrogen-bond donors (Lipinski definition) is 2. The fraction of sp³-hybridized carbons (Fsp3) is 0.579. The van der Waals surface area contributed by atoms with E-state index in [0.717, 1.165) is 25.7 Å². The van der Waals surface area contributed by atoms with E-state index in [1.807, 2.05) is 6.92 Å². The lowest BCUT2D eigenvalue weighted by Crippen LogP contribution is -2.41. The fourth-order valence-corrected chi connectivity index (χ4v) is 4.94. The van der Waals surface area contributed by atoms with Crippen molar-refractivity contribution >= 4 is 21.9 Å². The van der Waals surface area contributed by atoms with Gasteiger partial charge >= 0.3 is 5.97 Å². The van der Waals surface area contributed by atoms with Gasteiger partial charge in [-0.15, -0.1) is 0 Å². The van der Waals surface area contributed by atoms with Crippen molar-refractivity contribution in [2.45, 2.75) is 63.3 Å². The first-order chi connectivity index (χ1) is 12.8. The molecule has 2 N–H and O–H groups in total. The smallest absolute Gasteiger partial charge is 0.326 e. The first-order valence-electron chi connectivity index (χ1n) is 9.42. The topological polar surface area (TPSA) is 104 Å². The fourth-order valence-electron chi connectivity index (χ4n) is 3.17. The summed E-state index contributed by atoms with van der Waals surface area (Å²) in [7, 11) is -3.67. The highest BCUT2D eigenvalue weighted by Crippen LogP contribution is 2.24. The van der Waals surface area contributed by atoms with Crippen molar-refractivity contribution < 1.29 is 23.1 Å². The van der Waals surface area contributed by atoms with Gasteiger partial charge in [0.2, 0.25) is 10.0 Å². The Kier molecular flexibility index (Phi) is 7.38. The molecule has 1 saturated heterocycles. The van der Waals surface area contributed by atoms with E-state index in [-0.39, 0.29) is 10.5 Å². The van der Waals surface area contributed by atoms with Crippen LogP contribution in [0.5, 0.6) is 0 Å². The van der Waals surface area contributed by atoms with Gasteiger partial charge in [0.15, 0.2) is 0 Å². The maximum absolute atomic E-state index is 13.0. The summed E-state index contributed by atoms with van der Waals surface area (Å²) in [5, 5.41) is 11.8. The molecule has 0 saturated carbocycles. The second-order valence-corrected chi connectivity index (χ2v) is 8.86. The Labute approximate surface area is 160 Å². The van der Waals surface area contributed by atoms with E-state index in [4.69, 9.17) is 0 Å². The summed E-state index contributed by atoms with van der Waals surface area (Å²) < 4.78 is 27.4. The summed E-state index contributed by atoms with van der Waals surface area (Å²) in [6.07, 6.45) is 4.51. The lowest BCUT2D eigenvalue weighted by Gasteiger charge is -2.26. The molecule has 1 aliphatic rings. The van der Waals surface area contributed by atoms with Crippen LogP contribution in [0.25, 0.3) is 0 Å². The van der Waals surface area contributed by atoms with Crippen LogP contribution in [0.2, 0.25) is 0 Å². The van der Waals surface area contributed by atoms with Crippen molar-refractivity contribution in [3.8, 4) is 0 Å². The van der Waals surface area contributed by atoms with Gasteiger partial charge in [-0.2, -0.15) is 4.31 Å². The molecule has 0 aliphatic carbocycles. The molecule has 1 fully saturated rings. The number of unbranched alkanes of at least 4 members (excludes halogenated alkanes) is 1. The average molecular weight is 397 g/mol. The van der Waals surface area contributed by atoms with Crippen LogP contribution in [0.4, 0.5) is 0 Å². The van der Waals surface area contributed by atoms with E-state index >= 15 is 0 Å². The minimum absolute atomic E-state index is 0.109. The van der Waals surface area contributed by atoms with Crippen molar-refractivity contribution in [3.05, 3.63) is 29.3 Å². The summed E-state index contributed by atoms with van der Waals surface area (Å²) >= 11 is 0. The summed E-state index contributed by atoms with van der Waals surface area (Å²) in [5.41, 5.74) is 0.719. The van der Waals surface area contributed by atoms with Gasteiger partial charge in [0.25, 0.3) is 5.91 Å². The third-order valence-corrected chi connectivity index (χ3v) is 6.87. The van der Waals surface area contributed by atoms with E-state index < -0.39 is 27.9 Å². The maximum atomic E-state index is 13.0. The predicted molar refractivity (Wildman–Crippen MR) is 102 cm³/mol. The number of carbonyl (C=O) groups excluding carboxylic acids is 1. The minimum atomic E-state index is -3.67. The standard InChI is InChI=1S/C19H28N2O5S/c1-3-4-8-16(19(23)24)20-18(22)15-10-9-14(2)17(13-15)27(25,26)21-11-6-5-7-12-21/h9-10,13,16H,3-8,11-12H2,1-2H3,(H,20,22)(H,23,24)/t16-/m0/s1. The third-order valence-electron chi connectivity index (χ3n) is 4.83. The van der Waals surface area contributed by atoms with Gasteiger partial charge in [0.1, 0.15) is 6.04 Å². The highest BCUT2D eigenvalue weighted by Gasteiger charge is 2.28. The first kappa shape index (κ1) is 21.4. The number of aryl methyl sites for hydroxylation is 1. The van der Waals surface area contributed by atoms with E-state index in [2.05, 4.69) is 5.32 Å². The van der Waals surface area contributed by atoms with Crippen molar-refractivity contribution in [1.29, 1.82) is 0 Å². The molecular weight excluding hydrogens is 368 g/mol. The van der Waals surface area contributed by atoms with Crippen LogP contribution < -0.4 is 5.32 Å². The summed E-state index contributed by atoms with van der Waals surface area (Å²) in [6.45, 7) is 4.60. The molecule has 1 amide bonds. The zero-order chi connectivity index (χ0) is 20.0. The van der Waals surface area contributed by atoms with Gasteiger partial charge in [-0.1, -0.05) is 32.3 Å². The zero-order valence-corrected chi connectivity index (χ0v) is 16.7. The van der Waals surface area contributed by atoms with Crippen LogP contribution in [0.3, 0.4) is 0 Å². The number of amides is 1. The Balaban J connectivity index is 2.25. The molecule has 1 atom stereocenters. The number of carboxylic acid groups (broad SMARTS) is 1. The quantitative estimate of drug-likeness (QED) is 0.703. The molecule has 0 unspecified atom stereocenters.